The van der Waals surface area contributed by atoms with Crippen LogP contribution in [0.25, 0.3) is 0 Å². The molecule has 1 aromatic rings. The van der Waals surface area contributed by atoms with Gasteiger partial charge >= 0.3 is 6.18 Å². The summed E-state index contributed by atoms with van der Waals surface area (Å²) in [7, 11) is 0. The largest absolute Gasteiger partial charge is 0.417 e. The zero-order valence-corrected chi connectivity index (χ0v) is 16.1. The van der Waals surface area contributed by atoms with E-state index in [-0.39, 0.29) is 54.5 Å². The summed E-state index contributed by atoms with van der Waals surface area (Å²) >= 11 is 5.82. The van der Waals surface area contributed by atoms with Gasteiger partial charge in [0.25, 0.3) is 0 Å². The van der Waals surface area contributed by atoms with Crippen LogP contribution in [0, 0.1) is 11.8 Å². The van der Waals surface area contributed by atoms with Crippen LogP contribution >= 0.6 is 36.4 Å². The quantitative estimate of drug-likeness (QED) is 0.763. The van der Waals surface area contributed by atoms with Gasteiger partial charge in [-0.2, -0.15) is 13.2 Å². The highest BCUT2D eigenvalue weighted by Gasteiger charge is 2.37. The molecule has 0 unspecified atom stereocenters. The Hall–Kier alpha value is -0.960. The van der Waals surface area contributed by atoms with Gasteiger partial charge in [-0.1, -0.05) is 11.6 Å². The fourth-order valence-corrected chi connectivity index (χ4v) is 3.46. The molecule has 11 heteroatoms. The van der Waals surface area contributed by atoms with E-state index in [1.54, 1.807) is 0 Å². The average Bonchev–Trinajstić information content (AvgIpc) is 3.09. The number of hydrogen-bond acceptors (Lipinski definition) is 4. The van der Waals surface area contributed by atoms with Gasteiger partial charge in [0, 0.05) is 45.3 Å². The summed E-state index contributed by atoms with van der Waals surface area (Å²) in [5.74, 6) is 1.26. The lowest BCUT2D eigenvalue weighted by Crippen LogP contribution is -2.32. The second kappa shape index (κ2) is 9.30. The minimum atomic E-state index is -4.48. The van der Waals surface area contributed by atoms with E-state index in [4.69, 9.17) is 11.6 Å². The van der Waals surface area contributed by atoms with E-state index in [0.717, 1.165) is 38.4 Å². The molecule has 148 valence electrons. The molecule has 3 rings (SSSR count). The number of nitrogens with zero attached hydrogens (tertiary/aromatic N) is 2. The lowest BCUT2D eigenvalue weighted by molar-refractivity contribution is -0.137. The number of carbonyl (C=O) groups excluding carboxylic acids is 1. The highest BCUT2D eigenvalue weighted by Crippen LogP contribution is 2.32. The fraction of sp³-hybridized carbons (Fsp3) is 0.600. The number of halogens is 6. The monoisotopic (exact) mass is 434 g/mol. The van der Waals surface area contributed by atoms with E-state index in [1.807, 2.05) is 4.90 Å². The zero-order chi connectivity index (χ0) is 17.3. The Bertz CT molecular complexity index is 621. The number of likely N-dealkylation sites (tertiary alicyclic amines) is 1. The maximum Gasteiger partial charge on any atom is 0.417 e. The Kier molecular flexibility index (Phi) is 8.26. The van der Waals surface area contributed by atoms with Crippen molar-refractivity contribution >= 4 is 48.1 Å². The van der Waals surface area contributed by atoms with E-state index in [2.05, 4.69) is 15.6 Å². The number of hydrogen-bond donors (Lipinski definition) is 2. The molecule has 2 fully saturated rings. The second-order valence-corrected chi connectivity index (χ2v) is 6.61. The molecule has 5 nitrogen and oxygen atoms in total. The van der Waals surface area contributed by atoms with Crippen molar-refractivity contribution < 1.29 is 18.0 Å². The van der Waals surface area contributed by atoms with Crippen molar-refractivity contribution in [3.8, 4) is 0 Å². The van der Waals surface area contributed by atoms with Crippen molar-refractivity contribution in [2.45, 2.75) is 12.6 Å². The first kappa shape index (κ1) is 23.1. The standard InChI is InChI=1S/C15H18ClF3N4O.2ClH/c16-12-3-11(15(17,18)19)6-22-14(12)21-2-1-13(24)23-7-9-4-20-5-10(9)8-23;;/h3,6,9-10,20H,1-2,4-5,7-8H2,(H,21,22);2*1H/t9-,10+;;. The molecule has 26 heavy (non-hydrogen) atoms. The molecule has 2 aliphatic rings. The molecule has 0 radical (unpaired) electrons. The molecule has 2 atom stereocenters. The van der Waals surface area contributed by atoms with E-state index in [0.29, 0.717) is 11.8 Å². The summed E-state index contributed by atoms with van der Waals surface area (Å²) in [4.78, 5) is 17.8. The SMILES string of the molecule is Cl.Cl.O=C(CCNc1ncc(C(F)(F)F)cc1Cl)N1C[C@H]2CNC[C@H]2C1. The molecule has 2 N–H and O–H groups in total. The van der Waals surface area contributed by atoms with E-state index in [9.17, 15) is 18.0 Å². The predicted molar refractivity (Wildman–Crippen MR) is 98.3 cm³/mol. The number of amides is 1. The number of pyridine rings is 1. The summed E-state index contributed by atoms with van der Waals surface area (Å²) in [5, 5.41) is 6.03. The molecular formula is C15H20Cl3F3N4O. The molecule has 3 heterocycles. The maximum atomic E-state index is 12.6. The Labute approximate surface area is 166 Å². The van der Waals surface area contributed by atoms with Crippen molar-refractivity contribution in [3.05, 3.63) is 22.8 Å². The van der Waals surface area contributed by atoms with Crippen LogP contribution in [-0.4, -0.2) is 48.5 Å². The van der Waals surface area contributed by atoms with Gasteiger partial charge in [-0.15, -0.1) is 24.8 Å². The first-order valence-corrected chi connectivity index (χ1v) is 8.17. The number of fused-ring (bicyclic) bond motifs is 1. The zero-order valence-electron chi connectivity index (χ0n) is 13.7. The molecular weight excluding hydrogens is 416 g/mol. The molecule has 0 saturated carbocycles. The van der Waals surface area contributed by atoms with Gasteiger partial charge in [0.1, 0.15) is 5.82 Å². The average molecular weight is 436 g/mol. The molecule has 0 aliphatic carbocycles. The van der Waals surface area contributed by atoms with Crippen LogP contribution in [0.2, 0.25) is 5.02 Å². The van der Waals surface area contributed by atoms with E-state index >= 15 is 0 Å². The van der Waals surface area contributed by atoms with Crippen molar-refractivity contribution in [1.82, 2.24) is 15.2 Å². The number of anilines is 1. The molecule has 0 aromatic carbocycles. The molecule has 1 amide bonds. The summed E-state index contributed by atoms with van der Waals surface area (Å²) in [6.45, 7) is 3.74. The summed E-state index contributed by atoms with van der Waals surface area (Å²) < 4.78 is 37.7. The maximum absolute atomic E-state index is 12.6. The number of rotatable bonds is 4. The lowest BCUT2D eigenvalue weighted by atomic mass is 10.0. The van der Waals surface area contributed by atoms with Gasteiger partial charge in [-0.25, -0.2) is 4.98 Å². The van der Waals surface area contributed by atoms with Crippen LogP contribution in [0.15, 0.2) is 12.3 Å². The van der Waals surface area contributed by atoms with Crippen molar-refractivity contribution in [3.63, 3.8) is 0 Å². The van der Waals surface area contributed by atoms with Gasteiger partial charge in [0.2, 0.25) is 5.91 Å². The highest BCUT2D eigenvalue weighted by atomic mass is 35.5. The van der Waals surface area contributed by atoms with Crippen LogP contribution in [0.1, 0.15) is 12.0 Å². The third-order valence-corrected chi connectivity index (χ3v) is 4.83. The van der Waals surface area contributed by atoms with Gasteiger partial charge < -0.3 is 15.5 Å². The molecule has 0 bridgehead atoms. The molecule has 2 saturated heterocycles. The molecule has 1 aromatic heterocycles. The first-order valence-electron chi connectivity index (χ1n) is 7.79. The lowest BCUT2D eigenvalue weighted by Gasteiger charge is -2.18. The normalized spacial score (nSPS) is 21.6. The summed E-state index contributed by atoms with van der Waals surface area (Å²) in [6.07, 6.45) is -3.50. The summed E-state index contributed by atoms with van der Waals surface area (Å²) in [5.41, 5.74) is -0.897. The second-order valence-electron chi connectivity index (χ2n) is 6.21. The van der Waals surface area contributed by atoms with E-state index < -0.39 is 11.7 Å². The Balaban J connectivity index is 0.00000169. The number of nitrogens with one attached hydrogen (secondary N) is 2. The number of alkyl halides is 3. The minimum absolute atomic E-state index is 0. The van der Waals surface area contributed by atoms with E-state index in [1.165, 1.54) is 0 Å². The smallest absolute Gasteiger partial charge is 0.368 e. The molecule has 2 aliphatic heterocycles. The Morgan fingerprint density at radius 1 is 1.31 bits per heavy atom. The first-order chi connectivity index (χ1) is 11.3. The Morgan fingerprint density at radius 3 is 2.46 bits per heavy atom. The van der Waals surface area contributed by atoms with Gasteiger partial charge in [0.05, 0.1) is 10.6 Å². The third-order valence-electron chi connectivity index (χ3n) is 4.54. The van der Waals surface area contributed by atoms with Crippen LogP contribution in [0.4, 0.5) is 19.0 Å². The summed E-state index contributed by atoms with van der Waals surface area (Å²) in [6, 6.07) is 0.827. The van der Waals surface area contributed by atoms with Crippen LogP contribution in [0.3, 0.4) is 0 Å². The van der Waals surface area contributed by atoms with Gasteiger partial charge in [-0.05, 0) is 17.9 Å². The Morgan fingerprint density at radius 2 is 1.92 bits per heavy atom. The number of aromatic nitrogens is 1. The van der Waals surface area contributed by atoms with Crippen molar-refractivity contribution in [2.75, 3.05) is 38.0 Å². The topological polar surface area (TPSA) is 57.3 Å². The van der Waals surface area contributed by atoms with Crippen LogP contribution < -0.4 is 10.6 Å². The predicted octanol–water partition coefficient (Wildman–Crippen LogP) is 3.08. The van der Waals surface area contributed by atoms with Crippen LogP contribution in [-0.2, 0) is 11.0 Å². The van der Waals surface area contributed by atoms with Crippen molar-refractivity contribution in [1.29, 1.82) is 0 Å². The third kappa shape index (κ3) is 5.28. The van der Waals surface area contributed by atoms with Crippen LogP contribution in [0.5, 0.6) is 0 Å². The number of carbonyl (C=O) groups is 1. The molecule has 0 spiro atoms. The van der Waals surface area contributed by atoms with Gasteiger partial charge in [0.15, 0.2) is 0 Å². The highest BCUT2D eigenvalue weighted by molar-refractivity contribution is 6.32. The van der Waals surface area contributed by atoms with Crippen molar-refractivity contribution in [2.24, 2.45) is 11.8 Å². The minimum Gasteiger partial charge on any atom is -0.368 e. The van der Waals surface area contributed by atoms with Gasteiger partial charge in [-0.3, -0.25) is 4.79 Å². The fourth-order valence-electron chi connectivity index (χ4n) is 3.23.